The number of hydrogen-bond donors (Lipinski definition) is 1. The first kappa shape index (κ1) is 14.5. The largest absolute Gasteiger partial charge is 0.481 e. The lowest BCUT2D eigenvalue weighted by Gasteiger charge is -2.31. The van der Waals surface area contributed by atoms with Crippen LogP contribution in [0.25, 0.3) is 0 Å². The summed E-state index contributed by atoms with van der Waals surface area (Å²) in [4.78, 5) is 14.0. The summed E-state index contributed by atoms with van der Waals surface area (Å²) in [5.41, 5.74) is 1.22. The lowest BCUT2D eigenvalue weighted by molar-refractivity contribution is -0.151. The average molecular weight is 291 g/mol. The molecule has 0 bridgehead atoms. The van der Waals surface area contributed by atoms with Crippen molar-refractivity contribution in [2.75, 3.05) is 13.1 Å². The maximum absolute atomic E-state index is 13.8. The van der Waals surface area contributed by atoms with E-state index in [9.17, 15) is 14.3 Å². The van der Waals surface area contributed by atoms with Gasteiger partial charge in [-0.2, -0.15) is 0 Å². The molecule has 0 spiro atoms. The van der Waals surface area contributed by atoms with E-state index in [1.54, 1.807) is 6.07 Å². The molecule has 2 unspecified atom stereocenters. The van der Waals surface area contributed by atoms with Gasteiger partial charge in [-0.25, -0.2) is 4.39 Å². The summed E-state index contributed by atoms with van der Waals surface area (Å²) >= 11 is 0. The minimum atomic E-state index is -0.697. The van der Waals surface area contributed by atoms with Crippen LogP contribution < -0.4 is 0 Å². The highest BCUT2D eigenvalue weighted by Gasteiger charge is 2.49. The zero-order chi connectivity index (χ0) is 15.2. The van der Waals surface area contributed by atoms with Gasteiger partial charge in [0.2, 0.25) is 0 Å². The van der Waals surface area contributed by atoms with Crippen LogP contribution in [0.1, 0.15) is 43.9 Å². The van der Waals surface area contributed by atoms with Crippen LogP contribution in [0.15, 0.2) is 18.2 Å². The molecule has 21 heavy (non-hydrogen) atoms. The van der Waals surface area contributed by atoms with E-state index in [0.29, 0.717) is 13.0 Å². The molecule has 114 valence electrons. The number of likely N-dealkylation sites (tertiary alicyclic amines) is 1. The van der Waals surface area contributed by atoms with Crippen LogP contribution in [0.2, 0.25) is 0 Å². The summed E-state index contributed by atoms with van der Waals surface area (Å²) in [6.07, 6.45) is 2.33. The lowest BCUT2D eigenvalue weighted by atomic mass is 9.76. The summed E-state index contributed by atoms with van der Waals surface area (Å²) in [6.45, 7) is 5.32. The zero-order valence-electron chi connectivity index (χ0n) is 12.6. The fourth-order valence-corrected chi connectivity index (χ4v) is 3.99. The van der Waals surface area contributed by atoms with Gasteiger partial charge in [0.05, 0.1) is 5.41 Å². The number of carboxylic acid groups (broad SMARTS) is 1. The van der Waals surface area contributed by atoms with Gasteiger partial charge in [0.15, 0.2) is 0 Å². The third-order valence-electron chi connectivity index (χ3n) is 5.48. The zero-order valence-corrected chi connectivity index (χ0v) is 12.6. The van der Waals surface area contributed by atoms with E-state index < -0.39 is 11.4 Å². The van der Waals surface area contributed by atoms with Crippen LogP contribution in [0, 0.1) is 17.2 Å². The first-order valence-electron chi connectivity index (χ1n) is 7.70. The molecule has 1 aliphatic heterocycles. The minimum Gasteiger partial charge on any atom is -0.481 e. The van der Waals surface area contributed by atoms with E-state index in [1.165, 1.54) is 6.07 Å². The van der Waals surface area contributed by atoms with Gasteiger partial charge < -0.3 is 5.11 Å². The number of carbonyl (C=O) groups is 1. The monoisotopic (exact) mass is 291 g/mol. The van der Waals surface area contributed by atoms with Crippen molar-refractivity contribution >= 4 is 5.97 Å². The highest BCUT2D eigenvalue weighted by atomic mass is 19.1. The number of hydrogen-bond acceptors (Lipinski definition) is 2. The third-order valence-corrected chi connectivity index (χ3v) is 5.48. The molecular formula is C17H22FNO2. The van der Waals surface area contributed by atoms with E-state index in [4.69, 9.17) is 0 Å². The molecule has 2 aliphatic rings. The molecular weight excluding hydrogens is 269 g/mol. The smallest absolute Gasteiger partial charge is 0.311 e. The first-order chi connectivity index (χ1) is 9.95. The fourth-order valence-electron chi connectivity index (χ4n) is 3.99. The van der Waals surface area contributed by atoms with Crippen LogP contribution in [0.3, 0.4) is 0 Å². The standard InChI is InChI=1S/C17H22FNO2/c1-11(2)17(16(20)21)8-9-19(10-17)15-7-6-12-13(15)4-3-5-14(12)18/h3-5,11,15H,6-10H2,1-2H3,(H,20,21). The molecule has 1 fully saturated rings. The summed E-state index contributed by atoms with van der Waals surface area (Å²) in [5, 5.41) is 9.65. The summed E-state index contributed by atoms with van der Waals surface area (Å²) in [5.74, 6) is -0.714. The van der Waals surface area contributed by atoms with Crippen molar-refractivity contribution in [3.05, 3.63) is 35.1 Å². The van der Waals surface area contributed by atoms with E-state index in [0.717, 1.165) is 30.5 Å². The normalized spacial score (nSPS) is 29.0. The summed E-state index contributed by atoms with van der Waals surface area (Å²) in [7, 11) is 0. The van der Waals surface area contributed by atoms with Crippen molar-refractivity contribution < 1.29 is 14.3 Å². The van der Waals surface area contributed by atoms with Gasteiger partial charge in [0.1, 0.15) is 5.82 Å². The number of rotatable bonds is 3. The second-order valence-corrected chi connectivity index (χ2v) is 6.70. The average Bonchev–Trinajstić information content (AvgIpc) is 3.03. The topological polar surface area (TPSA) is 40.5 Å². The van der Waals surface area contributed by atoms with Gasteiger partial charge in [0, 0.05) is 12.6 Å². The SMILES string of the molecule is CC(C)C1(C(=O)O)CCN(C2CCc3c(F)cccc32)C1. The second-order valence-electron chi connectivity index (χ2n) is 6.70. The molecule has 0 aromatic heterocycles. The molecule has 2 atom stereocenters. The van der Waals surface area contributed by atoms with Crippen LogP contribution >= 0.6 is 0 Å². The highest BCUT2D eigenvalue weighted by Crippen LogP contribution is 2.45. The number of nitrogens with zero attached hydrogens (tertiary/aromatic N) is 1. The number of halogens is 1. The number of carboxylic acids is 1. The lowest BCUT2D eigenvalue weighted by Crippen LogP contribution is -2.39. The van der Waals surface area contributed by atoms with Crippen molar-refractivity contribution in [3.63, 3.8) is 0 Å². The van der Waals surface area contributed by atoms with Crippen LogP contribution in [0.5, 0.6) is 0 Å². The fraction of sp³-hybridized carbons (Fsp3) is 0.588. The molecule has 0 saturated carbocycles. The maximum Gasteiger partial charge on any atom is 0.311 e. The highest BCUT2D eigenvalue weighted by molar-refractivity contribution is 5.75. The molecule has 1 saturated heterocycles. The van der Waals surface area contributed by atoms with Gasteiger partial charge in [-0.1, -0.05) is 26.0 Å². The maximum atomic E-state index is 13.8. The van der Waals surface area contributed by atoms with Crippen molar-refractivity contribution in [2.45, 2.75) is 39.2 Å². The molecule has 1 heterocycles. The first-order valence-corrected chi connectivity index (χ1v) is 7.70. The Hall–Kier alpha value is -1.42. The number of fused-ring (bicyclic) bond motifs is 1. The molecule has 3 nitrogen and oxygen atoms in total. The van der Waals surface area contributed by atoms with Crippen LogP contribution in [-0.4, -0.2) is 29.1 Å². The molecule has 1 aromatic carbocycles. The summed E-state index contributed by atoms with van der Waals surface area (Å²) < 4.78 is 13.8. The Bertz CT molecular complexity index is 572. The number of benzene rings is 1. The van der Waals surface area contributed by atoms with Gasteiger partial charge in [-0.15, -0.1) is 0 Å². The second kappa shape index (κ2) is 5.09. The van der Waals surface area contributed by atoms with Gasteiger partial charge in [-0.3, -0.25) is 9.69 Å². The molecule has 3 rings (SSSR count). The Balaban J connectivity index is 1.86. The van der Waals surface area contributed by atoms with Crippen LogP contribution in [0.4, 0.5) is 4.39 Å². The Morgan fingerprint density at radius 1 is 1.48 bits per heavy atom. The Morgan fingerprint density at radius 3 is 2.86 bits per heavy atom. The third kappa shape index (κ3) is 2.16. The number of aliphatic carboxylic acids is 1. The predicted molar refractivity (Wildman–Crippen MR) is 78.6 cm³/mol. The van der Waals surface area contributed by atoms with E-state index in [1.807, 2.05) is 19.9 Å². The van der Waals surface area contributed by atoms with Gasteiger partial charge in [0.25, 0.3) is 0 Å². The van der Waals surface area contributed by atoms with Crippen molar-refractivity contribution in [1.82, 2.24) is 4.90 Å². The van der Waals surface area contributed by atoms with E-state index in [-0.39, 0.29) is 17.8 Å². The molecule has 0 amide bonds. The molecule has 0 radical (unpaired) electrons. The predicted octanol–water partition coefficient (Wildman–Crippen LogP) is 3.25. The van der Waals surface area contributed by atoms with Crippen molar-refractivity contribution in [2.24, 2.45) is 11.3 Å². The Kier molecular flexibility index (Phi) is 3.52. The Labute approximate surface area is 124 Å². The minimum absolute atomic E-state index is 0.105. The molecule has 1 aromatic rings. The van der Waals surface area contributed by atoms with Crippen molar-refractivity contribution in [1.29, 1.82) is 0 Å². The quantitative estimate of drug-likeness (QED) is 0.929. The molecule has 1 N–H and O–H groups in total. The van der Waals surface area contributed by atoms with E-state index >= 15 is 0 Å². The van der Waals surface area contributed by atoms with E-state index in [2.05, 4.69) is 4.90 Å². The summed E-state index contributed by atoms with van der Waals surface area (Å²) in [6, 6.07) is 5.44. The van der Waals surface area contributed by atoms with Crippen molar-refractivity contribution in [3.8, 4) is 0 Å². The molecule has 4 heteroatoms. The van der Waals surface area contributed by atoms with Crippen LogP contribution in [-0.2, 0) is 11.2 Å². The molecule has 1 aliphatic carbocycles. The Morgan fingerprint density at radius 2 is 2.24 bits per heavy atom. The van der Waals surface area contributed by atoms with Gasteiger partial charge >= 0.3 is 5.97 Å². The van der Waals surface area contributed by atoms with Gasteiger partial charge in [-0.05, 0) is 48.9 Å².